The molecular formula is C27H30IN3O3S. The van der Waals surface area contributed by atoms with E-state index < -0.39 is 10.0 Å². The summed E-state index contributed by atoms with van der Waals surface area (Å²) < 4.78 is 29.0. The molecule has 0 aromatic heterocycles. The summed E-state index contributed by atoms with van der Waals surface area (Å²) >= 11 is 2.17. The van der Waals surface area contributed by atoms with E-state index in [0.29, 0.717) is 5.69 Å². The molecule has 1 aliphatic rings. The van der Waals surface area contributed by atoms with Crippen molar-refractivity contribution in [2.45, 2.75) is 37.1 Å². The van der Waals surface area contributed by atoms with Crippen LogP contribution in [0.1, 0.15) is 37.8 Å². The first-order chi connectivity index (χ1) is 16.8. The van der Waals surface area contributed by atoms with Crippen molar-refractivity contribution in [3.63, 3.8) is 0 Å². The number of benzene rings is 3. The first-order valence-electron chi connectivity index (χ1n) is 11.8. The summed E-state index contributed by atoms with van der Waals surface area (Å²) in [6.07, 6.45) is 3.73. The van der Waals surface area contributed by atoms with Crippen LogP contribution in [0.3, 0.4) is 0 Å². The Morgan fingerprint density at radius 3 is 2.20 bits per heavy atom. The molecule has 1 N–H and O–H groups in total. The van der Waals surface area contributed by atoms with Gasteiger partial charge in [-0.15, -0.1) is 0 Å². The molecule has 4 rings (SSSR count). The standard InChI is InChI=1S/C27H30IN3O3S/c1-21(22-10-14-24(15-11-22)30-18-6-3-7-19-30)29-27(32)20-31(25-16-12-23(28)13-17-25)35(33,34)26-8-4-2-5-9-26/h2,4-5,8-17,21H,3,6-7,18-20H2,1H3,(H,29,32). The van der Waals surface area contributed by atoms with Crippen LogP contribution in [0.15, 0.2) is 83.8 Å². The van der Waals surface area contributed by atoms with Gasteiger partial charge in [0.1, 0.15) is 6.54 Å². The fourth-order valence-corrected chi connectivity index (χ4v) is 6.07. The quantitative estimate of drug-likeness (QED) is 0.353. The molecule has 1 unspecified atom stereocenters. The maximum Gasteiger partial charge on any atom is 0.264 e. The molecule has 8 heteroatoms. The van der Waals surface area contributed by atoms with Gasteiger partial charge in [0.15, 0.2) is 0 Å². The second-order valence-corrected chi connectivity index (χ2v) is 11.8. The summed E-state index contributed by atoms with van der Waals surface area (Å²) in [5.41, 5.74) is 2.62. The number of anilines is 2. The van der Waals surface area contributed by atoms with Gasteiger partial charge in [0.2, 0.25) is 5.91 Å². The average molecular weight is 604 g/mol. The highest BCUT2D eigenvalue weighted by atomic mass is 127. The number of sulfonamides is 1. The molecule has 3 aromatic carbocycles. The fraction of sp³-hybridized carbons (Fsp3) is 0.296. The van der Waals surface area contributed by atoms with Crippen LogP contribution >= 0.6 is 22.6 Å². The Bertz CT molecular complexity index is 1230. The molecule has 35 heavy (non-hydrogen) atoms. The number of carbonyl (C=O) groups excluding carboxylic acids is 1. The number of hydrogen-bond acceptors (Lipinski definition) is 4. The minimum Gasteiger partial charge on any atom is -0.372 e. The van der Waals surface area contributed by atoms with Gasteiger partial charge in [0.25, 0.3) is 10.0 Å². The van der Waals surface area contributed by atoms with Crippen LogP contribution in [0.5, 0.6) is 0 Å². The first kappa shape index (κ1) is 25.5. The molecule has 1 aliphatic heterocycles. The highest BCUT2D eigenvalue weighted by molar-refractivity contribution is 14.1. The van der Waals surface area contributed by atoms with E-state index in [0.717, 1.165) is 22.2 Å². The molecule has 0 spiro atoms. The molecule has 0 aliphatic carbocycles. The Morgan fingerprint density at radius 1 is 0.943 bits per heavy atom. The molecule has 0 bridgehead atoms. The van der Waals surface area contributed by atoms with E-state index in [9.17, 15) is 13.2 Å². The largest absolute Gasteiger partial charge is 0.372 e. The Labute approximate surface area is 221 Å². The summed E-state index contributed by atoms with van der Waals surface area (Å²) in [6, 6.07) is 23.3. The third-order valence-corrected chi connectivity index (χ3v) is 8.73. The number of rotatable bonds is 8. The summed E-state index contributed by atoms with van der Waals surface area (Å²) in [7, 11) is -3.92. The van der Waals surface area contributed by atoms with Crippen LogP contribution in [0.4, 0.5) is 11.4 Å². The van der Waals surface area contributed by atoms with Crippen molar-refractivity contribution in [2.24, 2.45) is 0 Å². The number of piperidine rings is 1. The monoisotopic (exact) mass is 603 g/mol. The summed E-state index contributed by atoms with van der Waals surface area (Å²) in [5, 5.41) is 2.97. The Hall–Kier alpha value is -2.59. The third kappa shape index (κ3) is 6.35. The van der Waals surface area contributed by atoms with Crippen LogP contribution in [-0.4, -0.2) is 34.0 Å². The molecular weight excluding hydrogens is 573 g/mol. The van der Waals surface area contributed by atoms with Gasteiger partial charge in [-0.3, -0.25) is 9.10 Å². The lowest BCUT2D eigenvalue weighted by atomic mass is 10.1. The molecule has 1 amide bonds. The molecule has 184 valence electrons. The topological polar surface area (TPSA) is 69.7 Å². The smallest absolute Gasteiger partial charge is 0.264 e. The summed E-state index contributed by atoms with van der Waals surface area (Å²) in [5.74, 6) is -0.365. The van der Waals surface area contributed by atoms with Gasteiger partial charge >= 0.3 is 0 Å². The van der Waals surface area contributed by atoms with E-state index in [1.54, 1.807) is 42.5 Å². The van der Waals surface area contributed by atoms with Gasteiger partial charge in [0.05, 0.1) is 16.6 Å². The Morgan fingerprint density at radius 2 is 1.57 bits per heavy atom. The van der Waals surface area contributed by atoms with E-state index in [1.165, 1.54) is 29.3 Å². The maximum absolute atomic E-state index is 13.4. The fourth-order valence-electron chi connectivity index (χ4n) is 4.27. The molecule has 6 nitrogen and oxygen atoms in total. The molecule has 0 radical (unpaired) electrons. The van der Waals surface area contributed by atoms with Gasteiger partial charge < -0.3 is 10.2 Å². The van der Waals surface area contributed by atoms with Crippen LogP contribution < -0.4 is 14.5 Å². The summed E-state index contributed by atoms with van der Waals surface area (Å²) in [6.45, 7) is 3.76. The average Bonchev–Trinajstić information content (AvgIpc) is 2.89. The highest BCUT2D eigenvalue weighted by Crippen LogP contribution is 2.25. The predicted octanol–water partition coefficient (Wildman–Crippen LogP) is 5.35. The zero-order chi connectivity index (χ0) is 24.8. The molecule has 1 fully saturated rings. The molecule has 1 atom stereocenters. The van der Waals surface area contributed by atoms with E-state index >= 15 is 0 Å². The van der Waals surface area contributed by atoms with Gasteiger partial charge in [-0.2, -0.15) is 0 Å². The second-order valence-electron chi connectivity index (χ2n) is 8.73. The number of halogens is 1. The van der Waals surface area contributed by atoms with Crippen LogP contribution in [0.25, 0.3) is 0 Å². The minimum absolute atomic E-state index is 0.146. The van der Waals surface area contributed by atoms with Gasteiger partial charge in [-0.25, -0.2) is 8.42 Å². The number of carbonyl (C=O) groups is 1. The molecule has 0 saturated carbocycles. The van der Waals surface area contributed by atoms with Crippen molar-refractivity contribution in [1.82, 2.24) is 5.32 Å². The Balaban J connectivity index is 1.49. The van der Waals surface area contributed by atoms with Gasteiger partial charge in [0, 0.05) is 22.3 Å². The normalized spacial score (nSPS) is 14.9. The van der Waals surface area contributed by atoms with E-state index in [4.69, 9.17) is 0 Å². The van der Waals surface area contributed by atoms with Crippen LogP contribution in [0, 0.1) is 3.57 Å². The zero-order valence-electron chi connectivity index (χ0n) is 19.7. The second kappa shape index (κ2) is 11.4. The van der Waals surface area contributed by atoms with Crippen LogP contribution in [0.2, 0.25) is 0 Å². The third-order valence-electron chi connectivity index (χ3n) is 6.22. The lowest BCUT2D eigenvalue weighted by molar-refractivity contribution is -0.120. The van der Waals surface area contributed by atoms with Crippen molar-refractivity contribution in [3.8, 4) is 0 Å². The Kier molecular flexibility index (Phi) is 8.33. The van der Waals surface area contributed by atoms with E-state index in [-0.39, 0.29) is 23.4 Å². The van der Waals surface area contributed by atoms with Crippen molar-refractivity contribution in [2.75, 3.05) is 28.8 Å². The van der Waals surface area contributed by atoms with Crippen molar-refractivity contribution >= 4 is 49.9 Å². The maximum atomic E-state index is 13.4. The molecule has 1 saturated heterocycles. The van der Waals surface area contributed by atoms with Gasteiger partial charge in [-0.1, -0.05) is 30.3 Å². The zero-order valence-corrected chi connectivity index (χ0v) is 22.7. The van der Waals surface area contributed by atoms with Gasteiger partial charge in [-0.05, 0) is 103 Å². The SMILES string of the molecule is CC(NC(=O)CN(c1ccc(I)cc1)S(=O)(=O)c1ccccc1)c1ccc(N2CCCCC2)cc1. The van der Waals surface area contributed by atoms with Crippen LogP contribution in [-0.2, 0) is 14.8 Å². The minimum atomic E-state index is -3.92. The van der Waals surface area contributed by atoms with Crippen molar-refractivity contribution < 1.29 is 13.2 Å². The first-order valence-corrected chi connectivity index (χ1v) is 14.3. The lowest BCUT2D eigenvalue weighted by Crippen LogP contribution is -2.41. The number of nitrogens with one attached hydrogen (secondary N) is 1. The van der Waals surface area contributed by atoms with E-state index in [2.05, 4.69) is 44.9 Å². The number of hydrogen-bond donors (Lipinski definition) is 1. The number of nitrogens with zero attached hydrogens (tertiary/aromatic N) is 2. The van der Waals surface area contributed by atoms with Crippen molar-refractivity contribution in [1.29, 1.82) is 0 Å². The molecule has 3 aromatic rings. The van der Waals surface area contributed by atoms with E-state index in [1.807, 2.05) is 31.2 Å². The highest BCUT2D eigenvalue weighted by Gasteiger charge is 2.27. The molecule has 1 heterocycles. The predicted molar refractivity (Wildman–Crippen MR) is 149 cm³/mol. The number of amides is 1. The summed E-state index contributed by atoms with van der Waals surface area (Å²) in [4.78, 5) is 15.6. The lowest BCUT2D eigenvalue weighted by Gasteiger charge is -2.29. The van der Waals surface area contributed by atoms with Crippen molar-refractivity contribution in [3.05, 3.63) is 88.0 Å².